The molecular formula is C14H8ClF3O3. The van der Waals surface area contributed by atoms with Gasteiger partial charge in [-0.1, -0.05) is 11.6 Å². The third-order valence-corrected chi connectivity index (χ3v) is 2.82. The molecule has 3 nitrogen and oxygen atoms in total. The van der Waals surface area contributed by atoms with Gasteiger partial charge in [-0.3, -0.25) is 0 Å². The predicted molar refractivity (Wildman–Crippen MR) is 69.9 cm³/mol. The third kappa shape index (κ3) is 3.66. The van der Waals surface area contributed by atoms with Gasteiger partial charge in [-0.05, 0) is 36.4 Å². The molecule has 0 aliphatic rings. The zero-order valence-corrected chi connectivity index (χ0v) is 11.1. The molecular weight excluding hydrogens is 309 g/mol. The van der Waals surface area contributed by atoms with Crippen molar-refractivity contribution in [1.29, 1.82) is 0 Å². The molecule has 0 heterocycles. The van der Waals surface area contributed by atoms with Crippen LogP contribution < -0.4 is 4.74 Å². The van der Waals surface area contributed by atoms with Crippen molar-refractivity contribution >= 4 is 17.6 Å². The molecule has 0 saturated heterocycles. The molecule has 0 aliphatic heterocycles. The molecule has 2 aromatic rings. The van der Waals surface area contributed by atoms with Gasteiger partial charge in [0.15, 0.2) is 0 Å². The van der Waals surface area contributed by atoms with Crippen LogP contribution in [0.3, 0.4) is 0 Å². The summed E-state index contributed by atoms with van der Waals surface area (Å²) in [6.07, 6.45) is -4.44. The molecule has 1 N–H and O–H groups in total. The number of carbonyl (C=O) groups is 1. The Morgan fingerprint density at radius 1 is 1.10 bits per heavy atom. The number of hydrogen-bond donors (Lipinski definition) is 1. The maximum absolute atomic E-state index is 12.4. The monoisotopic (exact) mass is 316 g/mol. The summed E-state index contributed by atoms with van der Waals surface area (Å²) in [7, 11) is 0. The van der Waals surface area contributed by atoms with Crippen LogP contribution in [0.25, 0.3) is 0 Å². The topological polar surface area (TPSA) is 46.5 Å². The standard InChI is InChI=1S/C14H8ClF3O3/c15-9-3-6-11(13(19)20)12(7-9)21-10-4-1-8(2-5-10)14(16,17)18/h1-7H,(H,19,20). The number of halogens is 4. The van der Waals surface area contributed by atoms with Crippen LogP contribution in [0.4, 0.5) is 13.2 Å². The van der Waals surface area contributed by atoms with E-state index in [-0.39, 0.29) is 22.1 Å². The molecule has 7 heteroatoms. The maximum Gasteiger partial charge on any atom is 0.416 e. The maximum atomic E-state index is 12.4. The molecule has 0 spiro atoms. The average molecular weight is 317 g/mol. The summed E-state index contributed by atoms with van der Waals surface area (Å²) in [6, 6.07) is 7.82. The predicted octanol–water partition coefficient (Wildman–Crippen LogP) is 4.85. The summed E-state index contributed by atoms with van der Waals surface area (Å²) in [6.45, 7) is 0. The fourth-order valence-corrected chi connectivity index (χ4v) is 1.76. The lowest BCUT2D eigenvalue weighted by Gasteiger charge is -2.11. The van der Waals surface area contributed by atoms with E-state index in [1.54, 1.807) is 0 Å². The average Bonchev–Trinajstić information content (AvgIpc) is 2.38. The molecule has 21 heavy (non-hydrogen) atoms. The van der Waals surface area contributed by atoms with E-state index in [1.165, 1.54) is 18.2 Å². The smallest absolute Gasteiger partial charge is 0.416 e. The molecule has 110 valence electrons. The number of carboxylic acid groups (broad SMARTS) is 1. The minimum absolute atomic E-state index is 0.0465. The molecule has 0 saturated carbocycles. The summed E-state index contributed by atoms with van der Waals surface area (Å²) in [5, 5.41) is 9.27. The van der Waals surface area contributed by atoms with Crippen molar-refractivity contribution in [3.05, 3.63) is 58.6 Å². The van der Waals surface area contributed by atoms with Crippen LogP contribution in [0.5, 0.6) is 11.5 Å². The number of hydrogen-bond acceptors (Lipinski definition) is 2. The van der Waals surface area contributed by atoms with Crippen molar-refractivity contribution < 1.29 is 27.8 Å². The van der Waals surface area contributed by atoms with Crippen LogP contribution in [0.1, 0.15) is 15.9 Å². The van der Waals surface area contributed by atoms with Crippen LogP contribution in [-0.2, 0) is 6.18 Å². The molecule has 0 radical (unpaired) electrons. The van der Waals surface area contributed by atoms with Crippen molar-refractivity contribution in [2.75, 3.05) is 0 Å². The van der Waals surface area contributed by atoms with E-state index in [4.69, 9.17) is 21.4 Å². The van der Waals surface area contributed by atoms with Gasteiger partial charge in [-0.25, -0.2) is 4.79 Å². The van der Waals surface area contributed by atoms with E-state index in [9.17, 15) is 18.0 Å². The minimum atomic E-state index is -4.44. The second-order valence-electron chi connectivity index (χ2n) is 4.07. The summed E-state index contributed by atoms with van der Waals surface area (Å²) in [5.74, 6) is -1.20. The molecule has 2 rings (SSSR count). The molecule has 0 fully saturated rings. The Morgan fingerprint density at radius 2 is 1.71 bits per heavy atom. The van der Waals surface area contributed by atoms with Crippen LogP contribution in [0, 0.1) is 0 Å². The Balaban J connectivity index is 2.30. The van der Waals surface area contributed by atoms with Crippen LogP contribution in [0.2, 0.25) is 5.02 Å². The zero-order chi connectivity index (χ0) is 15.6. The van der Waals surface area contributed by atoms with E-state index in [0.717, 1.165) is 24.3 Å². The molecule has 0 atom stereocenters. The molecule has 0 aliphatic carbocycles. The van der Waals surface area contributed by atoms with Crippen molar-refractivity contribution in [3.8, 4) is 11.5 Å². The van der Waals surface area contributed by atoms with Gasteiger partial charge in [0.05, 0.1) is 5.56 Å². The van der Waals surface area contributed by atoms with E-state index < -0.39 is 17.7 Å². The lowest BCUT2D eigenvalue weighted by molar-refractivity contribution is -0.137. The molecule has 0 aromatic heterocycles. The number of alkyl halides is 3. The van der Waals surface area contributed by atoms with Gasteiger partial charge in [0.25, 0.3) is 0 Å². The Labute approximate surface area is 122 Å². The summed E-state index contributed by atoms with van der Waals surface area (Å²) >= 11 is 5.75. The minimum Gasteiger partial charge on any atom is -0.478 e. The van der Waals surface area contributed by atoms with Crippen molar-refractivity contribution in [1.82, 2.24) is 0 Å². The molecule has 0 unspecified atom stereocenters. The van der Waals surface area contributed by atoms with Crippen molar-refractivity contribution in [3.63, 3.8) is 0 Å². The van der Waals surface area contributed by atoms with Gasteiger partial charge in [0.2, 0.25) is 0 Å². The van der Waals surface area contributed by atoms with Crippen molar-refractivity contribution in [2.45, 2.75) is 6.18 Å². The summed E-state index contributed by atoms with van der Waals surface area (Å²) in [4.78, 5) is 11.0. The number of aromatic carboxylic acids is 1. The highest BCUT2D eigenvalue weighted by Gasteiger charge is 2.30. The van der Waals surface area contributed by atoms with E-state index in [0.29, 0.717) is 0 Å². The highest BCUT2D eigenvalue weighted by molar-refractivity contribution is 6.30. The van der Waals surface area contributed by atoms with E-state index in [1.807, 2.05) is 0 Å². The highest BCUT2D eigenvalue weighted by Crippen LogP contribution is 2.32. The number of benzene rings is 2. The highest BCUT2D eigenvalue weighted by atomic mass is 35.5. The quantitative estimate of drug-likeness (QED) is 0.880. The molecule has 0 amide bonds. The Hall–Kier alpha value is -2.21. The number of ether oxygens (including phenoxy) is 1. The SMILES string of the molecule is O=C(O)c1ccc(Cl)cc1Oc1ccc(C(F)(F)F)cc1. The lowest BCUT2D eigenvalue weighted by Crippen LogP contribution is -2.04. The van der Waals surface area contributed by atoms with E-state index in [2.05, 4.69) is 0 Å². The molecule has 0 bridgehead atoms. The van der Waals surface area contributed by atoms with Crippen LogP contribution in [-0.4, -0.2) is 11.1 Å². The fourth-order valence-electron chi connectivity index (χ4n) is 1.60. The van der Waals surface area contributed by atoms with Gasteiger partial charge in [0.1, 0.15) is 17.1 Å². The van der Waals surface area contributed by atoms with Gasteiger partial charge in [-0.2, -0.15) is 13.2 Å². The zero-order valence-electron chi connectivity index (χ0n) is 10.3. The first-order chi connectivity index (χ1) is 9.77. The van der Waals surface area contributed by atoms with Gasteiger partial charge in [0, 0.05) is 11.1 Å². The first-order valence-corrected chi connectivity index (χ1v) is 6.03. The Kier molecular flexibility index (Phi) is 4.09. The van der Waals surface area contributed by atoms with E-state index >= 15 is 0 Å². The number of carboxylic acids is 1. The number of rotatable bonds is 3. The van der Waals surface area contributed by atoms with Crippen molar-refractivity contribution in [2.24, 2.45) is 0 Å². The normalized spacial score (nSPS) is 11.2. The fraction of sp³-hybridized carbons (Fsp3) is 0.0714. The second kappa shape index (κ2) is 5.65. The second-order valence-corrected chi connectivity index (χ2v) is 4.51. The Morgan fingerprint density at radius 3 is 2.24 bits per heavy atom. The first-order valence-electron chi connectivity index (χ1n) is 5.65. The first kappa shape index (κ1) is 15.2. The van der Waals surface area contributed by atoms with Gasteiger partial charge >= 0.3 is 12.1 Å². The van der Waals surface area contributed by atoms with Crippen LogP contribution >= 0.6 is 11.6 Å². The van der Waals surface area contributed by atoms with Gasteiger partial charge in [-0.15, -0.1) is 0 Å². The third-order valence-electron chi connectivity index (χ3n) is 2.58. The Bertz CT molecular complexity index is 666. The summed E-state index contributed by atoms with van der Waals surface area (Å²) < 4.78 is 42.6. The van der Waals surface area contributed by atoms with Gasteiger partial charge < -0.3 is 9.84 Å². The van der Waals surface area contributed by atoms with Crippen LogP contribution in [0.15, 0.2) is 42.5 Å². The molecule has 2 aromatic carbocycles. The lowest BCUT2D eigenvalue weighted by atomic mass is 10.2. The summed E-state index contributed by atoms with van der Waals surface area (Å²) in [5.41, 5.74) is -0.960. The largest absolute Gasteiger partial charge is 0.478 e.